The topological polar surface area (TPSA) is 71.8 Å². The maximum Gasteiger partial charge on any atom is 0.339 e. The molecule has 6 heteroatoms. The molecule has 0 radical (unpaired) electrons. The smallest absolute Gasteiger partial charge is 0.339 e. The maximum absolute atomic E-state index is 12.9. The standard InChI is InChI=1S/C31H42N2O4/c1-21-24(10-11-29(34)32-20-23-8-7-17-33-16-6-3-9-26(23)33)30(35)36-28-19-27-22(18-25(21)28)12-15-31(37-27)13-4-2-5-14-31/h18-19,23,26H,2-17,20H2,1H3,(H,32,34)/t23-,26-/m0/s1. The van der Waals surface area contributed by atoms with Crippen molar-refractivity contribution in [1.82, 2.24) is 10.2 Å². The van der Waals surface area contributed by atoms with Crippen LogP contribution in [-0.2, 0) is 17.6 Å². The lowest BCUT2D eigenvalue weighted by molar-refractivity contribution is -0.121. The molecular formula is C31H42N2O4. The summed E-state index contributed by atoms with van der Waals surface area (Å²) in [7, 11) is 0. The molecule has 3 fully saturated rings. The van der Waals surface area contributed by atoms with E-state index in [9.17, 15) is 9.59 Å². The molecule has 0 unspecified atom stereocenters. The number of carbonyl (C=O) groups is 1. The zero-order valence-corrected chi connectivity index (χ0v) is 22.4. The molecule has 2 saturated heterocycles. The molecule has 3 aliphatic heterocycles. The Balaban J connectivity index is 1.12. The van der Waals surface area contributed by atoms with Gasteiger partial charge in [-0.15, -0.1) is 0 Å². The molecule has 200 valence electrons. The highest BCUT2D eigenvalue weighted by atomic mass is 16.5. The minimum atomic E-state index is -0.328. The molecule has 4 heterocycles. The van der Waals surface area contributed by atoms with Crippen molar-refractivity contribution in [2.45, 2.75) is 108 Å². The largest absolute Gasteiger partial charge is 0.487 e. The van der Waals surface area contributed by atoms with Gasteiger partial charge in [0.05, 0.1) is 0 Å². The number of fused-ring (bicyclic) bond motifs is 3. The molecule has 1 aromatic carbocycles. The van der Waals surface area contributed by atoms with Gasteiger partial charge < -0.3 is 19.4 Å². The second kappa shape index (κ2) is 10.4. The van der Waals surface area contributed by atoms with Crippen LogP contribution in [0.3, 0.4) is 0 Å². The van der Waals surface area contributed by atoms with Crippen molar-refractivity contribution < 1.29 is 13.9 Å². The molecule has 1 spiro atoms. The van der Waals surface area contributed by atoms with Crippen molar-refractivity contribution in [3.8, 4) is 5.75 Å². The van der Waals surface area contributed by atoms with Crippen LogP contribution in [0, 0.1) is 12.8 Å². The van der Waals surface area contributed by atoms with Gasteiger partial charge in [-0.3, -0.25) is 4.79 Å². The van der Waals surface area contributed by atoms with Crippen LogP contribution in [-0.4, -0.2) is 42.1 Å². The molecule has 2 atom stereocenters. The predicted molar refractivity (Wildman–Crippen MR) is 145 cm³/mol. The Hall–Kier alpha value is -2.34. The summed E-state index contributed by atoms with van der Waals surface area (Å²) in [6.45, 7) is 5.16. The highest BCUT2D eigenvalue weighted by molar-refractivity contribution is 5.84. The Bertz CT molecular complexity index is 1210. The summed E-state index contributed by atoms with van der Waals surface area (Å²) in [5, 5.41) is 4.16. The molecule has 1 N–H and O–H groups in total. The molecule has 1 amide bonds. The summed E-state index contributed by atoms with van der Waals surface area (Å²) in [6, 6.07) is 4.71. The van der Waals surface area contributed by atoms with Crippen LogP contribution in [0.15, 0.2) is 21.3 Å². The fourth-order valence-corrected chi connectivity index (χ4v) is 7.62. The van der Waals surface area contributed by atoms with Crippen molar-refractivity contribution >= 4 is 16.9 Å². The maximum atomic E-state index is 12.9. The summed E-state index contributed by atoms with van der Waals surface area (Å²) in [6.07, 6.45) is 15.1. The molecule has 1 saturated carbocycles. The molecule has 6 rings (SSSR count). The Kier molecular flexibility index (Phi) is 7.04. The molecule has 2 aromatic rings. The number of hydrogen-bond donors (Lipinski definition) is 1. The Morgan fingerprint density at radius 2 is 1.89 bits per heavy atom. The highest BCUT2D eigenvalue weighted by Gasteiger charge is 2.38. The molecule has 4 aliphatic rings. The number of nitrogens with zero attached hydrogens (tertiary/aromatic N) is 1. The Morgan fingerprint density at radius 1 is 1.05 bits per heavy atom. The SMILES string of the molecule is Cc1c(CCC(=O)NC[C@@H]2CCCN3CCCC[C@@H]23)c(=O)oc2cc3c(cc12)CCC1(CCCCC1)O3. The van der Waals surface area contributed by atoms with Crippen molar-refractivity contribution in [3.05, 3.63) is 39.2 Å². The van der Waals surface area contributed by atoms with Crippen molar-refractivity contribution in [1.29, 1.82) is 0 Å². The van der Waals surface area contributed by atoms with Gasteiger partial charge in [0, 0.05) is 36.0 Å². The summed E-state index contributed by atoms with van der Waals surface area (Å²) < 4.78 is 12.3. The van der Waals surface area contributed by atoms with Crippen molar-refractivity contribution in [3.63, 3.8) is 0 Å². The van der Waals surface area contributed by atoms with Crippen LogP contribution in [0.2, 0.25) is 0 Å². The van der Waals surface area contributed by atoms with E-state index in [1.165, 1.54) is 70.0 Å². The molecule has 0 bridgehead atoms. The van der Waals surface area contributed by atoms with Gasteiger partial charge in [-0.2, -0.15) is 0 Å². The zero-order valence-electron chi connectivity index (χ0n) is 22.4. The first-order valence-corrected chi connectivity index (χ1v) is 14.8. The van der Waals surface area contributed by atoms with Gasteiger partial charge in [0.25, 0.3) is 0 Å². The van der Waals surface area contributed by atoms with E-state index in [0.717, 1.165) is 48.9 Å². The lowest BCUT2D eigenvalue weighted by atomic mass is 9.79. The Morgan fingerprint density at radius 3 is 2.76 bits per heavy atom. The van der Waals surface area contributed by atoms with Gasteiger partial charge in [0.1, 0.15) is 16.9 Å². The van der Waals surface area contributed by atoms with Gasteiger partial charge in [0.2, 0.25) is 5.91 Å². The summed E-state index contributed by atoms with van der Waals surface area (Å²) in [4.78, 5) is 28.3. The van der Waals surface area contributed by atoms with E-state index in [4.69, 9.17) is 9.15 Å². The van der Waals surface area contributed by atoms with Gasteiger partial charge in [-0.05, 0) is 114 Å². The van der Waals surface area contributed by atoms with E-state index in [0.29, 0.717) is 35.9 Å². The molecule has 37 heavy (non-hydrogen) atoms. The van der Waals surface area contributed by atoms with Crippen LogP contribution in [0.4, 0.5) is 0 Å². The van der Waals surface area contributed by atoms with Crippen LogP contribution in [0.1, 0.15) is 93.7 Å². The molecular weight excluding hydrogens is 464 g/mol. The van der Waals surface area contributed by atoms with Crippen LogP contribution in [0.5, 0.6) is 5.75 Å². The van der Waals surface area contributed by atoms with Crippen molar-refractivity contribution in [2.75, 3.05) is 19.6 Å². The third-order valence-electron chi connectivity index (χ3n) is 9.80. The predicted octanol–water partition coefficient (Wildman–Crippen LogP) is 5.44. The van der Waals surface area contributed by atoms with Crippen LogP contribution < -0.4 is 15.7 Å². The monoisotopic (exact) mass is 506 g/mol. The van der Waals surface area contributed by atoms with E-state index < -0.39 is 0 Å². The minimum Gasteiger partial charge on any atom is -0.487 e. The number of hydrogen-bond acceptors (Lipinski definition) is 5. The van der Waals surface area contributed by atoms with Gasteiger partial charge in [-0.25, -0.2) is 4.79 Å². The molecule has 1 aliphatic carbocycles. The molecule has 1 aromatic heterocycles. The van der Waals surface area contributed by atoms with E-state index in [1.54, 1.807) is 0 Å². The van der Waals surface area contributed by atoms with Gasteiger partial charge in [-0.1, -0.05) is 12.8 Å². The summed E-state index contributed by atoms with van der Waals surface area (Å²) >= 11 is 0. The number of rotatable bonds is 5. The van der Waals surface area contributed by atoms with E-state index >= 15 is 0 Å². The number of piperidine rings is 2. The van der Waals surface area contributed by atoms with Crippen LogP contribution in [0.25, 0.3) is 11.0 Å². The average Bonchev–Trinajstić information content (AvgIpc) is 2.91. The number of benzene rings is 1. The first-order chi connectivity index (χ1) is 18.0. The quantitative estimate of drug-likeness (QED) is 0.547. The number of nitrogens with one attached hydrogen (secondary N) is 1. The lowest BCUT2D eigenvalue weighted by Gasteiger charge is -2.44. The van der Waals surface area contributed by atoms with Gasteiger partial charge in [0.15, 0.2) is 0 Å². The lowest BCUT2D eigenvalue weighted by Crippen LogP contribution is -2.51. The number of aryl methyl sites for hydroxylation is 2. The van der Waals surface area contributed by atoms with Crippen molar-refractivity contribution in [2.24, 2.45) is 5.92 Å². The zero-order chi connectivity index (χ0) is 25.4. The Labute approximate surface area is 220 Å². The van der Waals surface area contributed by atoms with Crippen LogP contribution >= 0.6 is 0 Å². The first kappa shape index (κ1) is 25.0. The fraction of sp³-hybridized carbons (Fsp3) is 0.677. The average molecular weight is 507 g/mol. The highest BCUT2D eigenvalue weighted by Crippen LogP contribution is 2.43. The fourth-order valence-electron chi connectivity index (χ4n) is 7.62. The number of amides is 1. The van der Waals surface area contributed by atoms with E-state index in [1.807, 2.05) is 13.0 Å². The third-order valence-corrected chi connectivity index (χ3v) is 9.80. The number of ether oxygens (including phenoxy) is 1. The minimum absolute atomic E-state index is 0.0310. The summed E-state index contributed by atoms with van der Waals surface area (Å²) in [5.41, 5.74) is 2.99. The summed E-state index contributed by atoms with van der Waals surface area (Å²) in [5.74, 6) is 1.46. The normalized spacial score (nSPS) is 25.3. The second-order valence-electron chi connectivity index (χ2n) is 12.1. The van der Waals surface area contributed by atoms with E-state index in [2.05, 4.69) is 16.3 Å². The first-order valence-electron chi connectivity index (χ1n) is 14.8. The third kappa shape index (κ3) is 5.06. The second-order valence-corrected chi connectivity index (χ2v) is 12.1. The number of carbonyl (C=O) groups excluding carboxylic acids is 1. The molecule has 6 nitrogen and oxygen atoms in total. The van der Waals surface area contributed by atoms with Gasteiger partial charge >= 0.3 is 5.63 Å². The van der Waals surface area contributed by atoms with E-state index in [-0.39, 0.29) is 17.1 Å².